The monoisotopic (exact) mass is 426 g/mol. The van der Waals surface area contributed by atoms with Gasteiger partial charge in [0.1, 0.15) is 12.4 Å². The maximum Gasteiger partial charge on any atom is 0.306 e. The Balaban J connectivity index is 1.57. The van der Waals surface area contributed by atoms with Crippen LogP contribution in [0.4, 0.5) is 0 Å². The van der Waals surface area contributed by atoms with Crippen molar-refractivity contribution in [3.05, 3.63) is 0 Å². The number of hydrogen-bond donors (Lipinski definition) is 0. The van der Waals surface area contributed by atoms with Crippen molar-refractivity contribution in [2.45, 2.75) is 127 Å². The summed E-state index contributed by atoms with van der Waals surface area (Å²) < 4.78 is 24.8. The lowest BCUT2D eigenvalue weighted by atomic mass is 10.0. The Morgan fingerprint density at radius 2 is 1.66 bits per heavy atom. The Kier molecular flexibility index (Phi) is 7.24. The number of carbonyl (C=O) groups excluding carboxylic acids is 2. The molecule has 3 heterocycles. The summed E-state index contributed by atoms with van der Waals surface area (Å²) in [6, 6.07) is 0. The minimum absolute atomic E-state index is 0.00319. The van der Waals surface area contributed by atoms with Gasteiger partial charge in [-0.15, -0.1) is 0 Å². The SMILES string of the molecule is CC(C)(C)[Si](C)(C)O[C@H](CCC=O)[C@H]1CC[C@@H]([C@@H]2CC[C@@H]([C@H]3CCC(=O)O3)O2)O1. The van der Waals surface area contributed by atoms with Gasteiger partial charge in [0.15, 0.2) is 8.32 Å². The van der Waals surface area contributed by atoms with E-state index in [2.05, 4.69) is 33.9 Å². The molecule has 0 amide bonds. The lowest BCUT2D eigenvalue weighted by Crippen LogP contribution is -2.47. The lowest BCUT2D eigenvalue weighted by molar-refractivity contribution is -0.149. The van der Waals surface area contributed by atoms with Gasteiger partial charge in [-0.05, 0) is 56.7 Å². The summed E-state index contributed by atoms with van der Waals surface area (Å²) in [5, 5.41) is 0.116. The van der Waals surface area contributed by atoms with Crippen molar-refractivity contribution >= 4 is 20.6 Å². The molecule has 0 N–H and O–H groups in total. The lowest BCUT2D eigenvalue weighted by Gasteiger charge is -2.40. The summed E-state index contributed by atoms with van der Waals surface area (Å²) in [7, 11) is -1.95. The van der Waals surface area contributed by atoms with Crippen LogP contribution in [0.5, 0.6) is 0 Å². The van der Waals surface area contributed by atoms with Crippen LogP contribution in [0.3, 0.4) is 0 Å². The van der Waals surface area contributed by atoms with E-state index in [1.807, 2.05) is 0 Å². The number of cyclic esters (lactones) is 1. The molecule has 0 aromatic rings. The zero-order valence-electron chi connectivity index (χ0n) is 18.6. The topological polar surface area (TPSA) is 71.1 Å². The number of esters is 1. The van der Waals surface area contributed by atoms with Gasteiger partial charge in [0.05, 0.1) is 30.5 Å². The molecule has 3 rings (SSSR count). The molecular formula is C22H38O6Si. The largest absolute Gasteiger partial charge is 0.460 e. The number of rotatable bonds is 8. The first-order chi connectivity index (χ1) is 13.6. The van der Waals surface area contributed by atoms with Crippen LogP contribution in [0.15, 0.2) is 0 Å². The number of carbonyl (C=O) groups is 2. The van der Waals surface area contributed by atoms with Crippen LogP contribution in [-0.4, -0.2) is 57.2 Å². The highest BCUT2D eigenvalue weighted by molar-refractivity contribution is 6.74. The van der Waals surface area contributed by atoms with Crippen molar-refractivity contribution < 1.29 is 28.2 Å². The maximum atomic E-state index is 11.4. The third kappa shape index (κ3) is 5.49. The van der Waals surface area contributed by atoms with E-state index >= 15 is 0 Å². The Bertz CT molecular complexity index is 586. The number of hydrogen-bond acceptors (Lipinski definition) is 6. The highest BCUT2D eigenvalue weighted by Gasteiger charge is 2.46. The Hall–Kier alpha value is -0.763. The average Bonchev–Trinajstić information content (AvgIpc) is 3.36. The van der Waals surface area contributed by atoms with Crippen LogP contribution in [0.1, 0.15) is 72.1 Å². The zero-order valence-corrected chi connectivity index (χ0v) is 19.6. The van der Waals surface area contributed by atoms with Crippen molar-refractivity contribution in [2.75, 3.05) is 0 Å². The van der Waals surface area contributed by atoms with E-state index in [9.17, 15) is 9.59 Å². The van der Waals surface area contributed by atoms with Crippen LogP contribution in [0, 0.1) is 0 Å². The molecule has 166 valence electrons. The van der Waals surface area contributed by atoms with Crippen molar-refractivity contribution in [3.8, 4) is 0 Å². The molecule has 6 nitrogen and oxygen atoms in total. The van der Waals surface area contributed by atoms with E-state index in [1.54, 1.807) is 0 Å². The predicted octanol–water partition coefficient (Wildman–Crippen LogP) is 4.16. The van der Waals surface area contributed by atoms with Gasteiger partial charge in [0.25, 0.3) is 0 Å². The molecule has 7 heteroatoms. The van der Waals surface area contributed by atoms with Gasteiger partial charge in [-0.25, -0.2) is 0 Å². The molecule has 0 radical (unpaired) electrons. The first-order valence-electron chi connectivity index (χ1n) is 11.2. The zero-order chi connectivity index (χ0) is 21.2. The third-order valence-electron chi connectivity index (χ3n) is 7.15. The van der Waals surface area contributed by atoms with Gasteiger partial charge >= 0.3 is 5.97 Å². The normalized spacial score (nSPS) is 34.4. The fourth-order valence-corrected chi connectivity index (χ4v) is 5.77. The minimum atomic E-state index is -1.95. The summed E-state index contributed by atoms with van der Waals surface area (Å²) in [4.78, 5) is 22.4. The summed E-state index contributed by atoms with van der Waals surface area (Å²) in [5.74, 6) is -0.111. The Labute approximate surface area is 176 Å². The number of ether oxygens (including phenoxy) is 3. The van der Waals surface area contributed by atoms with E-state index < -0.39 is 8.32 Å². The molecule has 0 aliphatic carbocycles. The van der Waals surface area contributed by atoms with Crippen molar-refractivity contribution in [2.24, 2.45) is 0 Å². The van der Waals surface area contributed by atoms with Crippen molar-refractivity contribution in [1.82, 2.24) is 0 Å². The van der Waals surface area contributed by atoms with Crippen molar-refractivity contribution in [3.63, 3.8) is 0 Å². The molecule has 0 bridgehead atoms. The quantitative estimate of drug-likeness (QED) is 0.330. The Morgan fingerprint density at radius 3 is 2.24 bits per heavy atom. The van der Waals surface area contributed by atoms with Gasteiger partial charge in [-0.3, -0.25) is 4.79 Å². The van der Waals surface area contributed by atoms with Gasteiger partial charge in [0, 0.05) is 12.8 Å². The maximum absolute atomic E-state index is 11.4. The first-order valence-corrected chi connectivity index (χ1v) is 14.1. The molecule has 3 saturated heterocycles. The highest BCUT2D eigenvalue weighted by Crippen LogP contribution is 2.41. The summed E-state index contributed by atoms with van der Waals surface area (Å²) in [5.41, 5.74) is 0. The molecule has 0 aromatic carbocycles. The molecule has 0 aromatic heterocycles. The van der Waals surface area contributed by atoms with E-state index in [4.69, 9.17) is 18.6 Å². The molecular weight excluding hydrogens is 388 g/mol. The van der Waals surface area contributed by atoms with Crippen LogP contribution < -0.4 is 0 Å². The molecule has 0 saturated carbocycles. The van der Waals surface area contributed by atoms with Crippen LogP contribution >= 0.6 is 0 Å². The smallest absolute Gasteiger partial charge is 0.306 e. The van der Waals surface area contributed by atoms with Gasteiger partial charge in [-0.2, -0.15) is 0 Å². The molecule has 6 atom stereocenters. The summed E-state index contributed by atoms with van der Waals surface area (Å²) in [6.45, 7) is 11.2. The van der Waals surface area contributed by atoms with Gasteiger partial charge in [0.2, 0.25) is 0 Å². The third-order valence-corrected chi connectivity index (χ3v) is 11.7. The highest BCUT2D eigenvalue weighted by atomic mass is 28.4. The molecule has 3 aliphatic heterocycles. The number of aldehydes is 1. The van der Waals surface area contributed by atoms with Gasteiger partial charge < -0.3 is 23.4 Å². The van der Waals surface area contributed by atoms with Crippen LogP contribution in [-0.2, 0) is 28.2 Å². The predicted molar refractivity (Wildman–Crippen MR) is 112 cm³/mol. The molecule has 0 spiro atoms. The second-order valence-corrected chi connectivity index (χ2v) is 15.1. The molecule has 0 unspecified atom stereocenters. The standard InChI is InChI=1S/C22H38O6Si/c1-22(2,3)29(4,5)28-20(7-6-14-23)19-11-10-16(26-19)15-8-9-17(25-15)18-12-13-21(24)27-18/h14-20H,6-13H2,1-5H3/t15-,16-,17-,18+,19+,20+/m0/s1. The van der Waals surface area contributed by atoms with Crippen LogP contribution in [0.2, 0.25) is 18.1 Å². The minimum Gasteiger partial charge on any atom is -0.460 e. The van der Waals surface area contributed by atoms with Gasteiger partial charge in [-0.1, -0.05) is 20.8 Å². The molecule has 3 aliphatic rings. The van der Waals surface area contributed by atoms with E-state index in [-0.39, 0.29) is 47.6 Å². The van der Waals surface area contributed by atoms with Crippen LogP contribution in [0.25, 0.3) is 0 Å². The van der Waals surface area contributed by atoms with Crippen molar-refractivity contribution in [1.29, 1.82) is 0 Å². The van der Waals surface area contributed by atoms with E-state index in [0.29, 0.717) is 19.3 Å². The van der Waals surface area contributed by atoms with E-state index in [1.165, 1.54) is 0 Å². The summed E-state index contributed by atoms with van der Waals surface area (Å²) in [6.07, 6.45) is 7.19. The Morgan fingerprint density at radius 1 is 1.03 bits per heavy atom. The molecule has 29 heavy (non-hydrogen) atoms. The first kappa shape index (κ1) is 22.9. The second kappa shape index (κ2) is 9.16. The van der Waals surface area contributed by atoms with E-state index in [0.717, 1.165) is 38.4 Å². The molecule has 3 fully saturated rings. The fraction of sp³-hybridized carbons (Fsp3) is 0.909. The fourth-order valence-electron chi connectivity index (χ4n) is 4.39. The second-order valence-electron chi connectivity index (χ2n) is 10.3. The summed E-state index contributed by atoms with van der Waals surface area (Å²) >= 11 is 0. The average molecular weight is 427 g/mol.